The lowest BCUT2D eigenvalue weighted by Gasteiger charge is -2.34. The molecule has 3 unspecified atom stereocenters. The molecule has 0 spiro atoms. The molecule has 1 heterocycles. The van der Waals surface area contributed by atoms with Crippen LogP contribution in [0.5, 0.6) is 0 Å². The van der Waals surface area contributed by atoms with Crippen LogP contribution in [0.2, 0.25) is 0 Å². The average molecular weight is 306 g/mol. The van der Waals surface area contributed by atoms with Gasteiger partial charge in [0.1, 0.15) is 0 Å². The average Bonchev–Trinajstić information content (AvgIpc) is 2.96. The lowest BCUT2D eigenvalue weighted by Crippen LogP contribution is -2.45. The van der Waals surface area contributed by atoms with Crippen LogP contribution < -0.4 is 5.32 Å². The van der Waals surface area contributed by atoms with Crippen LogP contribution in [-0.4, -0.2) is 42.7 Å². The first-order valence-electron chi connectivity index (χ1n) is 8.00. The van der Waals surface area contributed by atoms with E-state index in [0.717, 1.165) is 19.4 Å². The van der Waals surface area contributed by atoms with Gasteiger partial charge in [0, 0.05) is 25.0 Å². The Morgan fingerprint density at radius 1 is 1.24 bits per heavy atom. The fraction of sp³-hybridized carbons (Fsp3) is 0.933. The molecule has 0 bridgehead atoms. The van der Waals surface area contributed by atoms with Crippen molar-refractivity contribution in [1.82, 2.24) is 10.2 Å². The molecule has 0 radical (unpaired) electrons. The third-order valence-corrected chi connectivity index (χ3v) is 4.78. The highest BCUT2D eigenvalue weighted by Gasteiger charge is 2.44. The summed E-state index contributed by atoms with van der Waals surface area (Å²) in [7, 11) is 0. The Labute approximate surface area is 124 Å². The van der Waals surface area contributed by atoms with Gasteiger partial charge < -0.3 is 10.2 Å². The van der Waals surface area contributed by atoms with Crippen molar-refractivity contribution in [1.29, 1.82) is 0 Å². The molecule has 1 saturated carbocycles. The van der Waals surface area contributed by atoms with Crippen LogP contribution in [-0.2, 0) is 4.79 Å². The van der Waals surface area contributed by atoms with E-state index in [1.807, 2.05) is 6.92 Å². The van der Waals surface area contributed by atoms with E-state index >= 15 is 0 Å². The fourth-order valence-electron chi connectivity index (χ4n) is 3.52. The molecule has 3 atom stereocenters. The molecule has 21 heavy (non-hydrogen) atoms. The summed E-state index contributed by atoms with van der Waals surface area (Å²) < 4.78 is 38.6. The molecule has 2 fully saturated rings. The third-order valence-electron chi connectivity index (χ3n) is 4.78. The zero-order valence-corrected chi connectivity index (χ0v) is 12.6. The van der Waals surface area contributed by atoms with E-state index in [-0.39, 0.29) is 18.7 Å². The number of alkyl halides is 3. The summed E-state index contributed by atoms with van der Waals surface area (Å²) in [5.41, 5.74) is 0. The quantitative estimate of drug-likeness (QED) is 0.866. The highest BCUT2D eigenvalue weighted by molar-refractivity contribution is 5.79. The number of rotatable bonds is 4. The Kier molecular flexibility index (Phi) is 5.52. The Bertz CT molecular complexity index is 353. The maximum atomic E-state index is 12.9. The Morgan fingerprint density at radius 2 is 2.00 bits per heavy atom. The van der Waals surface area contributed by atoms with Crippen molar-refractivity contribution in [2.24, 2.45) is 11.8 Å². The number of amides is 1. The first-order valence-corrected chi connectivity index (χ1v) is 8.00. The number of nitrogens with one attached hydrogen (secondary N) is 1. The molecular weight excluding hydrogens is 281 g/mol. The van der Waals surface area contributed by atoms with Gasteiger partial charge in [0.05, 0.1) is 5.92 Å². The van der Waals surface area contributed by atoms with E-state index in [9.17, 15) is 18.0 Å². The normalized spacial score (nSPS) is 30.4. The van der Waals surface area contributed by atoms with Crippen LogP contribution in [0.3, 0.4) is 0 Å². The number of carbonyl (C=O) groups excluding carboxylic acids is 1. The predicted octanol–water partition coefficient (Wildman–Crippen LogP) is 2.96. The van der Waals surface area contributed by atoms with Crippen LogP contribution in [0.15, 0.2) is 0 Å². The van der Waals surface area contributed by atoms with Gasteiger partial charge in [-0.05, 0) is 45.6 Å². The summed E-state index contributed by atoms with van der Waals surface area (Å²) in [6.07, 6.45) is -0.779. The van der Waals surface area contributed by atoms with Gasteiger partial charge in [-0.2, -0.15) is 13.2 Å². The minimum Gasteiger partial charge on any atom is -0.341 e. The standard InChI is InChI=1S/C15H25F3N2O/c1-2-20(10-13-7-4-8-19-13)14(21)11-5-3-6-12(9-11)15(16,17)18/h11-13,19H,2-10H2,1H3. The lowest BCUT2D eigenvalue weighted by atomic mass is 9.80. The van der Waals surface area contributed by atoms with Crippen molar-refractivity contribution < 1.29 is 18.0 Å². The van der Waals surface area contributed by atoms with Crippen LogP contribution in [0.4, 0.5) is 13.2 Å². The molecule has 1 aliphatic heterocycles. The smallest absolute Gasteiger partial charge is 0.341 e. The number of halogens is 3. The molecule has 0 aromatic heterocycles. The first kappa shape index (κ1) is 16.6. The maximum Gasteiger partial charge on any atom is 0.391 e. The molecule has 0 aromatic carbocycles. The number of carbonyl (C=O) groups is 1. The van der Waals surface area contributed by atoms with Gasteiger partial charge in [0.2, 0.25) is 5.91 Å². The monoisotopic (exact) mass is 306 g/mol. The Morgan fingerprint density at radius 3 is 2.57 bits per heavy atom. The second kappa shape index (κ2) is 6.99. The minimum atomic E-state index is -4.16. The first-order chi connectivity index (χ1) is 9.91. The summed E-state index contributed by atoms with van der Waals surface area (Å²) in [4.78, 5) is 14.3. The predicted molar refractivity (Wildman–Crippen MR) is 74.8 cm³/mol. The molecule has 1 saturated heterocycles. The molecular formula is C15H25F3N2O. The van der Waals surface area contributed by atoms with Gasteiger partial charge in [-0.15, -0.1) is 0 Å². The molecule has 6 heteroatoms. The van der Waals surface area contributed by atoms with E-state index in [1.165, 1.54) is 0 Å². The van der Waals surface area contributed by atoms with E-state index in [2.05, 4.69) is 5.32 Å². The molecule has 2 rings (SSSR count). The second-order valence-corrected chi connectivity index (χ2v) is 6.27. The van der Waals surface area contributed by atoms with Crippen LogP contribution in [0.25, 0.3) is 0 Å². The number of nitrogens with zero attached hydrogens (tertiary/aromatic N) is 1. The molecule has 2 aliphatic rings. The summed E-state index contributed by atoms with van der Waals surface area (Å²) in [6.45, 7) is 4.07. The van der Waals surface area contributed by atoms with E-state index in [4.69, 9.17) is 0 Å². The summed E-state index contributed by atoms with van der Waals surface area (Å²) in [6, 6.07) is 0.302. The zero-order valence-electron chi connectivity index (χ0n) is 12.6. The van der Waals surface area contributed by atoms with Gasteiger partial charge in [-0.25, -0.2) is 0 Å². The largest absolute Gasteiger partial charge is 0.391 e. The van der Waals surface area contributed by atoms with Crippen LogP contribution in [0, 0.1) is 11.8 Å². The summed E-state index contributed by atoms with van der Waals surface area (Å²) in [5.74, 6) is -1.84. The molecule has 122 valence electrons. The molecule has 1 N–H and O–H groups in total. The molecule has 0 aromatic rings. The highest BCUT2D eigenvalue weighted by Crippen LogP contribution is 2.40. The highest BCUT2D eigenvalue weighted by atomic mass is 19.4. The summed E-state index contributed by atoms with van der Waals surface area (Å²) >= 11 is 0. The van der Waals surface area contributed by atoms with Crippen molar-refractivity contribution in [2.75, 3.05) is 19.6 Å². The lowest BCUT2D eigenvalue weighted by molar-refractivity contribution is -0.187. The zero-order chi connectivity index (χ0) is 15.5. The van der Waals surface area contributed by atoms with E-state index < -0.39 is 18.0 Å². The number of likely N-dealkylation sites (N-methyl/N-ethyl adjacent to an activating group) is 1. The van der Waals surface area contributed by atoms with Crippen molar-refractivity contribution >= 4 is 5.91 Å². The minimum absolute atomic E-state index is 0.0308. The fourth-order valence-corrected chi connectivity index (χ4v) is 3.52. The van der Waals surface area contributed by atoms with E-state index in [0.29, 0.717) is 32.0 Å². The molecule has 3 nitrogen and oxygen atoms in total. The summed E-state index contributed by atoms with van der Waals surface area (Å²) in [5, 5.41) is 3.34. The van der Waals surface area contributed by atoms with Crippen molar-refractivity contribution in [3.8, 4) is 0 Å². The van der Waals surface area contributed by atoms with E-state index in [1.54, 1.807) is 4.90 Å². The van der Waals surface area contributed by atoms with Crippen LogP contribution >= 0.6 is 0 Å². The van der Waals surface area contributed by atoms with Gasteiger partial charge in [-0.1, -0.05) is 6.42 Å². The number of hydrogen-bond donors (Lipinski definition) is 1. The Hall–Kier alpha value is -0.780. The van der Waals surface area contributed by atoms with Crippen molar-refractivity contribution in [2.45, 2.75) is 57.7 Å². The van der Waals surface area contributed by atoms with Crippen molar-refractivity contribution in [3.63, 3.8) is 0 Å². The SMILES string of the molecule is CCN(CC1CCCN1)C(=O)C1CCCC(C(F)(F)F)C1. The van der Waals surface area contributed by atoms with Gasteiger partial charge in [0.25, 0.3) is 0 Å². The molecule has 1 aliphatic carbocycles. The third kappa shape index (κ3) is 4.34. The molecule has 1 amide bonds. The Balaban J connectivity index is 1.93. The van der Waals surface area contributed by atoms with Gasteiger partial charge in [0.15, 0.2) is 0 Å². The van der Waals surface area contributed by atoms with Crippen molar-refractivity contribution in [3.05, 3.63) is 0 Å². The van der Waals surface area contributed by atoms with Gasteiger partial charge >= 0.3 is 6.18 Å². The number of hydrogen-bond acceptors (Lipinski definition) is 2. The second-order valence-electron chi connectivity index (χ2n) is 6.27. The van der Waals surface area contributed by atoms with Gasteiger partial charge in [-0.3, -0.25) is 4.79 Å². The maximum absolute atomic E-state index is 12.9. The van der Waals surface area contributed by atoms with Crippen LogP contribution in [0.1, 0.15) is 45.4 Å². The topological polar surface area (TPSA) is 32.3 Å².